The van der Waals surface area contributed by atoms with E-state index in [0.717, 1.165) is 25.0 Å². The van der Waals surface area contributed by atoms with Crippen LogP contribution in [0.2, 0.25) is 0 Å². The average Bonchev–Trinajstić information content (AvgIpc) is 3.13. The standard InChI is InChI=1S/C13H14F2N2O3/c14-9-5-8(17(18)19)6-10(15)12(9)16-11-3-4-20-13(11)7-1-2-7/h5-7,11,13,16H,1-4H2. The average molecular weight is 284 g/mol. The van der Waals surface area contributed by atoms with E-state index in [2.05, 4.69) is 5.32 Å². The number of anilines is 1. The van der Waals surface area contributed by atoms with Crippen molar-refractivity contribution < 1.29 is 18.4 Å². The van der Waals surface area contributed by atoms with Crippen molar-refractivity contribution >= 4 is 11.4 Å². The minimum atomic E-state index is -0.946. The molecule has 1 aliphatic heterocycles. The third-order valence-electron chi connectivity index (χ3n) is 3.79. The zero-order valence-corrected chi connectivity index (χ0v) is 10.6. The Morgan fingerprint density at radius 2 is 1.90 bits per heavy atom. The molecule has 1 heterocycles. The van der Waals surface area contributed by atoms with Crippen LogP contribution in [-0.2, 0) is 4.74 Å². The minimum absolute atomic E-state index is 0.0241. The molecular formula is C13H14F2N2O3. The van der Waals surface area contributed by atoms with Crippen molar-refractivity contribution in [1.82, 2.24) is 0 Å². The van der Waals surface area contributed by atoms with Crippen LogP contribution in [0.15, 0.2) is 12.1 Å². The maximum atomic E-state index is 13.8. The molecule has 0 bridgehead atoms. The Morgan fingerprint density at radius 3 is 2.45 bits per heavy atom. The van der Waals surface area contributed by atoms with Crippen LogP contribution in [0.5, 0.6) is 0 Å². The van der Waals surface area contributed by atoms with Gasteiger partial charge < -0.3 is 10.1 Å². The van der Waals surface area contributed by atoms with Crippen LogP contribution in [0.3, 0.4) is 0 Å². The molecule has 108 valence electrons. The van der Waals surface area contributed by atoms with Crippen molar-refractivity contribution in [3.05, 3.63) is 33.9 Å². The predicted molar refractivity (Wildman–Crippen MR) is 67.5 cm³/mol. The SMILES string of the molecule is O=[N+]([O-])c1cc(F)c(NC2CCOC2C2CC2)c(F)c1. The molecule has 2 aliphatic rings. The van der Waals surface area contributed by atoms with Gasteiger partial charge in [-0.25, -0.2) is 8.78 Å². The van der Waals surface area contributed by atoms with Gasteiger partial charge in [0.25, 0.3) is 5.69 Å². The first kappa shape index (κ1) is 13.2. The summed E-state index contributed by atoms with van der Waals surface area (Å²) in [5, 5.41) is 13.4. The Morgan fingerprint density at radius 1 is 1.25 bits per heavy atom. The molecule has 0 radical (unpaired) electrons. The fourth-order valence-electron chi connectivity index (χ4n) is 2.64. The van der Waals surface area contributed by atoms with Crippen molar-refractivity contribution in [3.8, 4) is 0 Å². The summed E-state index contributed by atoms with van der Waals surface area (Å²) in [4.78, 5) is 9.72. The summed E-state index contributed by atoms with van der Waals surface area (Å²) in [5.41, 5.74) is -0.899. The van der Waals surface area contributed by atoms with E-state index in [4.69, 9.17) is 4.74 Å². The van der Waals surface area contributed by atoms with Gasteiger partial charge in [-0.2, -0.15) is 0 Å². The summed E-state index contributed by atoms with van der Waals surface area (Å²) in [6.45, 7) is 0.565. The Bertz CT molecular complexity index is 525. The number of halogens is 2. The molecular weight excluding hydrogens is 270 g/mol. The van der Waals surface area contributed by atoms with Gasteiger partial charge in [0.05, 0.1) is 29.2 Å². The van der Waals surface area contributed by atoms with Crippen LogP contribution in [-0.4, -0.2) is 23.7 Å². The van der Waals surface area contributed by atoms with Crippen LogP contribution >= 0.6 is 0 Å². The molecule has 1 saturated carbocycles. The molecule has 7 heteroatoms. The first-order chi connectivity index (χ1) is 9.56. The van der Waals surface area contributed by atoms with Gasteiger partial charge in [-0.15, -0.1) is 0 Å². The highest BCUT2D eigenvalue weighted by atomic mass is 19.1. The maximum absolute atomic E-state index is 13.8. The van der Waals surface area contributed by atoms with Crippen molar-refractivity contribution in [2.24, 2.45) is 5.92 Å². The summed E-state index contributed by atoms with van der Waals surface area (Å²) in [6, 6.07) is 1.31. The first-order valence-electron chi connectivity index (χ1n) is 6.58. The van der Waals surface area contributed by atoms with Gasteiger partial charge in [0.15, 0.2) is 11.6 Å². The number of benzene rings is 1. The molecule has 1 aromatic rings. The molecule has 1 N–H and O–H groups in total. The maximum Gasteiger partial charge on any atom is 0.275 e. The summed E-state index contributed by atoms with van der Waals surface area (Å²) < 4.78 is 33.2. The van der Waals surface area contributed by atoms with Crippen LogP contribution < -0.4 is 5.32 Å². The van der Waals surface area contributed by atoms with E-state index in [1.807, 2.05) is 0 Å². The van der Waals surface area contributed by atoms with E-state index in [0.29, 0.717) is 18.9 Å². The molecule has 0 spiro atoms. The third-order valence-corrected chi connectivity index (χ3v) is 3.79. The van der Waals surface area contributed by atoms with Crippen LogP contribution in [0.4, 0.5) is 20.2 Å². The number of nitro benzene ring substituents is 1. The molecule has 0 aromatic heterocycles. The Balaban J connectivity index is 1.81. The molecule has 2 unspecified atom stereocenters. The zero-order chi connectivity index (χ0) is 14.3. The van der Waals surface area contributed by atoms with Gasteiger partial charge in [0.1, 0.15) is 5.69 Å². The quantitative estimate of drug-likeness (QED) is 0.682. The normalized spacial score (nSPS) is 25.7. The highest BCUT2D eigenvalue weighted by Crippen LogP contribution is 2.40. The Kier molecular flexibility index (Phi) is 3.29. The predicted octanol–water partition coefficient (Wildman–Crippen LogP) is 2.85. The molecule has 20 heavy (non-hydrogen) atoms. The number of non-ortho nitro benzene ring substituents is 1. The van der Waals surface area contributed by atoms with E-state index in [9.17, 15) is 18.9 Å². The molecule has 3 rings (SSSR count). The topological polar surface area (TPSA) is 64.4 Å². The zero-order valence-electron chi connectivity index (χ0n) is 10.6. The number of nitro groups is 1. The van der Waals surface area contributed by atoms with Gasteiger partial charge in [-0.05, 0) is 25.2 Å². The Labute approximate surface area is 114 Å². The van der Waals surface area contributed by atoms with E-state index >= 15 is 0 Å². The van der Waals surface area contributed by atoms with Gasteiger partial charge in [-0.1, -0.05) is 0 Å². The van der Waals surface area contributed by atoms with Crippen LogP contribution in [0, 0.1) is 27.7 Å². The number of nitrogens with zero attached hydrogens (tertiary/aromatic N) is 1. The highest BCUT2D eigenvalue weighted by molar-refractivity contribution is 5.52. The molecule has 0 amide bonds. The summed E-state index contributed by atoms with van der Waals surface area (Å²) in [6.07, 6.45) is 2.81. The monoisotopic (exact) mass is 284 g/mol. The highest BCUT2D eigenvalue weighted by Gasteiger charge is 2.41. The molecule has 1 aliphatic carbocycles. The minimum Gasteiger partial charge on any atom is -0.376 e. The van der Waals surface area contributed by atoms with E-state index < -0.39 is 22.2 Å². The van der Waals surface area contributed by atoms with E-state index in [1.165, 1.54) is 0 Å². The molecule has 2 atom stereocenters. The molecule has 1 aromatic carbocycles. The molecule has 5 nitrogen and oxygen atoms in total. The number of rotatable bonds is 4. The fourth-order valence-corrected chi connectivity index (χ4v) is 2.64. The molecule has 1 saturated heterocycles. The second kappa shape index (κ2) is 4.97. The van der Waals surface area contributed by atoms with E-state index in [-0.39, 0.29) is 17.8 Å². The summed E-state index contributed by atoms with van der Waals surface area (Å²) in [5.74, 6) is -1.43. The Hall–Kier alpha value is -1.76. The van der Waals surface area contributed by atoms with Crippen LogP contribution in [0.1, 0.15) is 19.3 Å². The second-order valence-corrected chi connectivity index (χ2v) is 5.25. The molecule has 2 fully saturated rings. The largest absolute Gasteiger partial charge is 0.376 e. The lowest BCUT2D eigenvalue weighted by Gasteiger charge is -2.21. The lowest BCUT2D eigenvalue weighted by molar-refractivity contribution is -0.385. The van der Waals surface area contributed by atoms with Gasteiger partial charge >= 0.3 is 0 Å². The lowest BCUT2D eigenvalue weighted by Crippen LogP contribution is -2.31. The third kappa shape index (κ3) is 2.45. The van der Waals surface area contributed by atoms with Crippen molar-refractivity contribution in [1.29, 1.82) is 0 Å². The van der Waals surface area contributed by atoms with Crippen molar-refractivity contribution in [2.75, 3.05) is 11.9 Å². The van der Waals surface area contributed by atoms with Gasteiger partial charge in [0, 0.05) is 6.61 Å². The number of ether oxygens (including phenoxy) is 1. The van der Waals surface area contributed by atoms with E-state index in [1.54, 1.807) is 0 Å². The van der Waals surface area contributed by atoms with Crippen molar-refractivity contribution in [2.45, 2.75) is 31.4 Å². The number of hydrogen-bond acceptors (Lipinski definition) is 4. The smallest absolute Gasteiger partial charge is 0.275 e. The van der Waals surface area contributed by atoms with Gasteiger partial charge in [-0.3, -0.25) is 10.1 Å². The van der Waals surface area contributed by atoms with Crippen molar-refractivity contribution in [3.63, 3.8) is 0 Å². The second-order valence-electron chi connectivity index (χ2n) is 5.25. The lowest BCUT2D eigenvalue weighted by atomic mass is 10.1. The number of nitrogens with one attached hydrogen (secondary N) is 1. The fraction of sp³-hybridized carbons (Fsp3) is 0.538. The summed E-state index contributed by atoms with van der Waals surface area (Å²) in [7, 11) is 0. The van der Waals surface area contributed by atoms with Gasteiger partial charge in [0.2, 0.25) is 0 Å². The summed E-state index contributed by atoms with van der Waals surface area (Å²) >= 11 is 0. The number of hydrogen-bond donors (Lipinski definition) is 1. The first-order valence-corrected chi connectivity index (χ1v) is 6.58. The van der Waals surface area contributed by atoms with Crippen LogP contribution in [0.25, 0.3) is 0 Å².